The van der Waals surface area contributed by atoms with Gasteiger partial charge in [-0.3, -0.25) is 9.48 Å². The third-order valence-corrected chi connectivity index (χ3v) is 3.81. The maximum atomic E-state index is 12.0. The number of rotatable bonds is 8. The molecule has 0 bridgehead atoms. The molecule has 4 nitrogen and oxygen atoms in total. The zero-order chi connectivity index (χ0) is 14.4. The highest BCUT2D eigenvalue weighted by Gasteiger charge is 2.17. The molecule has 0 aromatic carbocycles. The quantitative estimate of drug-likeness (QED) is 0.799. The SMILES string of the molecule is CCc1nn(CC)c(CC(=O)CCC(C)CN)c1Cl. The Morgan fingerprint density at radius 1 is 1.47 bits per heavy atom. The zero-order valence-corrected chi connectivity index (χ0v) is 12.8. The van der Waals surface area contributed by atoms with Gasteiger partial charge in [0.1, 0.15) is 5.78 Å². The lowest BCUT2D eigenvalue weighted by Gasteiger charge is -2.08. The Labute approximate surface area is 120 Å². The average molecular weight is 286 g/mol. The van der Waals surface area contributed by atoms with Crippen LogP contribution in [0.5, 0.6) is 0 Å². The Kier molecular flexibility index (Phi) is 6.52. The molecule has 0 fully saturated rings. The van der Waals surface area contributed by atoms with Crippen LogP contribution in [-0.4, -0.2) is 22.1 Å². The molecule has 1 atom stereocenters. The van der Waals surface area contributed by atoms with Crippen LogP contribution in [0, 0.1) is 5.92 Å². The number of nitrogens with two attached hydrogens (primary N) is 1. The standard InChI is InChI=1S/C14H24ClN3O/c1-4-12-14(15)13(18(5-2)17-12)8-11(19)7-6-10(3)9-16/h10H,4-9,16H2,1-3H3. The minimum absolute atomic E-state index is 0.208. The lowest BCUT2D eigenvalue weighted by Crippen LogP contribution is -2.14. The van der Waals surface area contributed by atoms with Crippen molar-refractivity contribution in [3.63, 3.8) is 0 Å². The lowest BCUT2D eigenvalue weighted by molar-refractivity contribution is -0.118. The van der Waals surface area contributed by atoms with Crippen LogP contribution in [0.2, 0.25) is 5.02 Å². The molecule has 0 aliphatic heterocycles. The van der Waals surface area contributed by atoms with E-state index in [0.717, 1.165) is 30.8 Å². The smallest absolute Gasteiger partial charge is 0.138 e. The summed E-state index contributed by atoms with van der Waals surface area (Å²) in [7, 11) is 0. The van der Waals surface area contributed by atoms with Crippen molar-refractivity contribution < 1.29 is 4.79 Å². The number of carbonyl (C=O) groups excluding carboxylic acids is 1. The first kappa shape index (κ1) is 16.2. The van der Waals surface area contributed by atoms with Crippen molar-refractivity contribution in [2.24, 2.45) is 11.7 Å². The Balaban J connectivity index is 2.70. The predicted molar refractivity (Wildman–Crippen MR) is 78.5 cm³/mol. The zero-order valence-electron chi connectivity index (χ0n) is 12.1. The number of hydrogen-bond acceptors (Lipinski definition) is 3. The van der Waals surface area contributed by atoms with E-state index in [1.807, 2.05) is 18.5 Å². The number of carbonyl (C=O) groups is 1. The molecule has 5 heteroatoms. The van der Waals surface area contributed by atoms with Crippen LogP contribution >= 0.6 is 11.6 Å². The average Bonchev–Trinajstić information content (AvgIpc) is 2.72. The number of aryl methyl sites for hydroxylation is 2. The first-order valence-electron chi connectivity index (χ1n) is 6.99. The van der Waals surface area contributed by atoms with Crippen LogP contribution in [0.15, 0.2) is 0 Å². The Morgan fingerprint density at radius 2 is 2.16 bits per heavy atom. The second-order valence-electron chi connectivity index (χ2n) is 4.97. The molecule has 1 unspecified atom stereocenters. The van der Waals surface area contributed by atoms with Gasteiger partial charge in [-0.05, 0) is 32.2 Å². The molecule has 2 N–H and O–H groups in total. The Bertz CT molecular complexity index is 429. The van der Waals surface area contributed by atoms with Gasteiger partial charge in [0, 0.05) is 19.4 Å². The number of nitrogens with zero attached hydrogens (tertiary/aromatic N) is 2. The summed E-state index contributed by atoms with van der Waals surface area (Å²) < 4.78 is 1.84. The fourth-order valence-electron chi connectivity index (χ4n) is 1.99. The van der Waals surface area contributed by atoms with Crippen LogP contribution in [0.4, 0.5) is 0 Å². The van der Waals surface area contributed by atoms with E-state index >= 15 is 0 Å². The highest BCUT2D eigenvalue weighted by Crippen LogP contribution is 2.23. The largest absolute Gasteiger partial charge is 0.330 e. The molecule has 1 heterocycles. The molecule has 0 spiro atoms. The van der Waals surface area contributed by atoms with E-state index < -0.39 is 0 Å². The van der Waals surface area contributed by atoms with Gasteiger partial charge in [-0.15, -0.1) is 0 Å². The van der Waals surface area contributed by atoms with Gasteiger partial charge in [-0.25, -0.2) is 0 Å². The van der Waals surface area contributed by atoms with E-state index in [4.69, 9.17) is 17.3 Å². The molecule has 0 aliphatic carbocycles. The summed E-state index contributed by atoms with van der Waals surface area (Å²) in [6.07, 6.45) is 2.56. The van der Waals surface area contributed by atoms with Crippen molar-refractivity contribution in [3.8, 4) is 0 Å². The predicted octanol–water partition coefficient (Wildman–Crippen LogP) is 2.61. The normalized spacial score (nSPS) is 12.7. The number of hydrogen-bond donors (Lipinski definition) is 1. The lowest BCUT2D eigenvalue weighted by atomic mass is 10.0. The van der Waals surface area contributed by atoms with Crippen molar-refractivity contribution in [1.82, 2.24) is 9.78 Å². The van der Waals surface area contributed by atoms with Gasteiger partial charge in [0.05, 0.1) is 16.4 Å². The summed E-state index contributed by atoms with van der Waals surface area (Å²) >= 11 is 6.29. The Morgan fingerprint density at radius 3 is 2.68 bits per heavy atom. The van der Waals surface area contributed by atoms with Crippen molar-refractivity contribution in [2.45, 2.75) is 53.0 Å². The number of aromatic nitrogens is 2. The third kappa shape index (κ3) is 4.32. The highest BCUT2D eigenvalue weighted by atomic mass is 35.5. The van der Waals surface area contributed by atoms with Gasteiger partial charge in [-0.1, -0.05) is 25.4 Å². The summed E-state index contributed by atoms with van der Waals surface area (Å²) in [5.41, 5.74) is 7.29. The molecule has 1 aromatic rings. The molecule has 19 heavy (non-hydrogen) atoms. The van der Waals surface area contributed by atoms with Crippen LogP contribution < -0.4 is 5.73 Å². The van der Waals surface area contributed by atoms with Gasteiger partial charge in [-0.2, -0.15) is 5.10 Å². The Hall–Kier alpha value is -0.870. The summed E-state index contributed by atoms with van der Waals surface area (Å²) in [6, 6.07) is 0. The van der Waals surface area contributed by atoms with Gasteiger partial charge in [0.2, 0.25) is 0 Å². The fourth-order valence-corrected chi connectivity index (χ4v) is 2.32. The van der Waals surface area contributed by atoms with Gasteiger partial charge < -0.3 is 5.73 Å². The first-order valence-corrected chi connectivity index (χ1v) is 7.37. The summed E-state index contributed by atoms with van der Waals surface area (Å²) in [5.74, 6) is 0.598. The molecular weight excluding hydrogens is 262 g/mol. The van der Waals surface area contributed by atoms with Gasteiger partial charge in [0.25, 0.3) is 0 Å². The van der Waals surface area contributed by atoms with E-state index in [9.17, 15) is 4.79 Å². The highest BCUT2D eigenvalue weighted by molar-refractivity contribution is 6.32. The molecule has 0 saturated heterocycles. The first-order chi connectivity index (χ1) is 9.03. The second kappa shape index (κ2) is 7.65. The molecule has 0 saturated carbocycles. The summed E-state index contributed by atoms with van der Waals surface area (Å²) in [5, 5.41) is 5.08. The summed E-state index contributed by atoms with van der Waals surface area (Å²) in [4.78, 5) is 12.0. The van der Waals surface area contributed by atoms with E-state index in [-0.39, 0.29) is 5.78 Å². The topological polar surface area (TPSA) is 60.9 Å². The van der Waals surface area contributed by atoms with Gasteiger partial charge in [0.15, 0.2) is 0 Å². The van der Waals surface area contributed by atoms with E-state index in [0.29, 0.717) is 30.3 Å². The van der Waals surface area contributed by atoms with Crippen LogP contribution in [0.1, 0.15) is 45.0 Å². The van der Waals surface area contributed by atoms with Crippen LogP contribution in [0.25, 0.3) is 0 Å². The summed E-state index contributed by atoms with van der Waals surface area (Å²) in [6.45, 7) is 7.45. The van der Waals surface area contributed by atoms with Crippen LogP contribution in [0.3, 0.4) is 0 Å². The maximum absolute atomic E-state index is 12.0. The monoisotopic (exact) mass is 285 g/mol. The van der Waals surface area contributed by atoms with E-state index in [1.165, 1.54) is 0 Å². The van der Waals surface area contributed by atoms with Gasteiger partial charge >= 0.3 is 0 Å². The van der Waals surface area contributed by atoms with Crippen molar-refractivity contribution in [3.05, 3.63) is 16.4 Å². The molecule has 1 rings (SSSR count). The van der Waals surface area contributed by atoms with Crippen molar-refractivity contribution in [1.29, 1.82) is 0 Å². The van der Waals surface area contributed by atoms with E-state index in [1.54, 1.807) is 0 Å². The van der Waals surface area contributed by atoms with Crippen molar-refractivity contribution in [2.75, 3.05) is 6.54 Å². The molecule has 1 aromatic heterocycles. The molecule has 108 valence electrons. The molecular formula is C14H24ClN3O. The second-order valence-corrected chi connectivity index (χ2v) is 5.35. The van der Waals surface area contributed by atoms with Crippen LogP contribution in [-0.2, 0) is 24.2 Å². The fraction of sp³-hybridized carbons (Fsp3) is 0.714. The minimum atomic E-state index is 0.208. The number of halogens is 1. The van der Waals surface area contributed by atoms with E-state index in [2.05, 4.69) is 12.0 Å². The molecule has 0 radical (unpaired) electrons. The minimum Gasteiger partial charge on any atom is -0.330 e. The molecule has 0 aliphatic rings. The molecule has 0 amide bonds. The maximum Gasteiger partial charge on any atom is 0.138 e. The number of Topliss-reactive ketones (excluding diaryl/α,β-unsaturated/α-hetero) is 1. The third-order valence-electron chi connectivity index (χ3n) is 3.38. The number of ketones is 1. The van der Waals surface area contributed by atoms with Crippen molar-refractivity contribution >= 4 is 17.4 Å².